The predicted octanol–water partition coefficient (Wildman–Crippen LogP) is 1.79. The number of hydrogen-bond acceptors (Lipinski definition) is 4. The van der Waals surface area contributed by atoms with Gasteiger partial charge in [0.25, 0.3) is 0 Å². The molecule has 2 atom stereocenters. The van der Waals surface area contributed by atoms with E-state index in [1.165, 1.54) is 14.0 Å². The molecule has 122 valence electrons. The first-order valence-corrected chi connectivity index (χ1v) is 7.01. The predicted molar refractivity (Wildman–Crippen MR) is 85.2 cm³/mol. The van der Waals surface area contributed by atoms with Crippen LogP contribution in [0.15, 0.2) is 18.2 Å². The van der Waals surface area contributed by atoms with Crippen molar-refractivity contribution in [3.05, 3.63) is 18.2 Å². The summed E-state index contributed by atoms with van der Waals surface area (Å²) in [5.41, 5.74) is 0.996. The number of carbonyl (C=O) groups excluding carboxylic acids is 2. The first-order valence-electron chi connectivity index (χ1n) is 7.01. The van der Waals surface area contributed by atoms with Crippen molar-refractivity contribution >= 4 is 23.3 Å². The number of rotatable bonds is 6. The third kappa shape index (κ3) is 5.25. The molecule has 0 saturated heterocycles. The third-order valence-electron chi connectivity index (χ3n) is 3.27. The van der Waals surface area contributed by atoms with Gasteiger partial charge in [-0.2, -0.15) is 0 Å². The molecule has 0 aliphatic carbocycles. The maximum Gasteiger partial charge on any atom is 0.319 e. The Hall–Kier alpha value is -2.28. The number of hydrogen-bond donors (Lipinski definition) is 4. The smallest absolute Gasteiger partial charge is 0.319 e. The Morgan fingerprint density at radius 1 is 1.27 bits per heavy atom. The van der Waals surface area contributed by atoms with Crippen molar-refractivity contribution in [3.8, 4) is 5.75 Å². The van der Waals surface area contributed by atoms with Crippen LogP contribution in [0.25, 0.3) is 0 Å². The lowest BCUT2D eigenvalue weighted by atomic mass is 10.1. The summed E-state index contributed by atoms with van der Waals surface area (Å²) in [6.07, 6.45) is 0. The van der Waals surface area contributed by atoms with Crippen LogP contribution in [0, 0.1) is 5.92 Å². The number of anilines is 2. The zero-order chi connectivity index (χ0) is 16.7. The summed E-state index contributed by atoms with van der Waals surface area (Å²) in [7, 11) is 1.49. The first kappa shape index (κ1) is 17.8. The lowest BCUT2D eigenvalue weighted by molar-refractivity contribution is -0.114. The molecule has 0 spiro atoms. The molecule has 0 fully saturated rings. The van der Waals surface area contributed by atoms with Gasteiger partial charge in [0.05, 0.1) is 12.8 Å². The summed E-state index contributed by atoms with van der Waals surface area (Å²) in [6.45, 7) is 5.04. The van der Waals surface area contributed by atoms with E-state index >= 15 is 0 Å². The van der Waals surface area contributed by atoms with Crippen molar-refractivity contribution in [1.82, 2.24) is 5.32 Å². The minimum atomic E-state index is -0.411. The minimum absolute atomic E-state index is 0.0111. The van der Waals surface area contributed by atoms with Crippen LogP contribution in [0.2, 0.25) is 0 Å². The van der Waals surface area contributed by atoms with Gasteiger partial charge in [0, 0.05) is 25.3 Å². The summed E-state index contributed by atoms with van der Waals surface area (Å²) < 4.78 is 5.18. The molecule has 0 saturated carbocycles. The van der Waals surface area contributed by atoms with Gasteiger partial charge in [-0.25, -0.2) is 4.79 Å². The van der Waals surface area contributed by atoms with Crippen molar-refractivity contribution in [3.63, 3.8) is 0 Å². The van der Waals surface area contributed by atoms with E-state index < -0.39 is 6.03 Å². The van der Waals surface area contributed by atoms with Gasteiger partial charge in [0.1, 0.15) is 5.75 Å². The second-order valence-corrected chi connectivity index (χ2v) is 5.14. The summed E-state index contributed by atoms with van der Waals surface area (Å²) in [5, 5.41) is 17.1. The third-order valence-corrected chi connectivity index (χ3v) is 3.27. The van der Waals surface area contributed by atoms with Gasteiger partial charge in [0.2, 0.25) is 5.91 Å². The zero-order valence-corrected chi connectivity index (χ0v) is 13.3. The lowest BCUT2D eigenvalue weighted by Crippen LogP contribution is -2.40. The molecule has 0 heterocycles. The molecule has 0 radical (unpaired) electrons. The molecule has 1 rings (SSSR count). The van der Waals surface area contributed by atoms with E-state index in [0.717, 1.165) is 0 Å². The molecule has 22 heavy (non-hydrogen) atoms. The summed E-state index contributed by atoms with van der Waals surface area (Å²) in [5.74, 6) is 0.219. The van der Waals surface area contributed by atoms with Crippen LogP contribution in [0.1, 0.15) is 20.8 Å². The maximum absolute atomic E-state index is 12.0. The average Bonchev–Trinajstić information content (AvgIpc) is 2.45. The van der Waals surface area contributed by atoms with E-state index in [1.54, 1.807) is 18.2 Å². The molecule has 1 aromatic carbocycles. The zero-order valence-electron chi connectivity index (χ0n) is 13.3. The fraction of sp³-hybridized carbons (Fsp3) is 0.467. The number of aliphatic hydroxyl groups excluding tert-OH is 1. The highest BCUT2D eigenvalue weighted by atomic mass is 16.5. The van der Waals surface area contributed by atoms with Crippen molar-refractivity contribution in [1.29, 1.82) is 0 Å². The van der Waals surface area contributed by atoms with Crippen LogP contribution >= 0.6 is 0 Å². The van der Waals surface area contributed by atoms with Crippen LogP contribution in [0.3, 0.4) is 0 Å². The normalized spacial score (nSPS) is 13.0. The molecule has 0 aliphatic rings. The Bertz CT molecular complexity index is 534. The number of amides is 3. The summed E-state index contributed by atoms with van der Waals surface area (Å²) >= 11 is 0. The monoisotopic (exact) mass is 309 g/mol. The van der Waals surface area contributed by atoms with Gasteiger partial charge in [-0.15, -0.1) is 0 Å². The lowest BCUT2D eigenvalue weighted by Gasteiger charge is -2.20. The van der Waals surface area contributed by atoms with Gasteiger partial charge >= 0.3 is 6.03 Å². The highest BCUT2D eigenvalue weighted by Crippen LogP contribution is 2.27. The van der Waals surface area contributed by atoms with E-state index in [4.69, 9.17) is 9.84 Å². The Balaban J connectivity index is 2.81. The topological polar surface area (TPSA) is 99.7 Å². The number of nitrogens with one attached hydrogen (secondary N) is 3. The quantitative estimate of drug-likeness (QED) is 0.643. The molecule has 0 aromatic heterocycles. The first-order chi connectivity index (χ1) is 10.4. The second-order valence-electron chi connectivity index (χ2n) is 5.14. The maximum atomic E-state index is 12.0. The number of aliphatic hydroxyl groups is 1. The highest BCUT2D eigenvalue weighted by Gasteiger charge is 2.15. The van der Waals surface area contributed by atoms with Gasteiger partial charge < -0.3 is 25.8 Å². The molecule has 7 heteroatoms. The Morgan fingerprint density at radius 3 is 2.50 bits per heavy atom. The summed E-state index contributed by atoms with van der Waals surface area (Å²) in [6, 6.07) is 4.35. The van der Waals surface area contributed by atoms with Gasteiger partial charge in [-0.1, -0.05) is 6.92 Å². The Morgan fingerprint density at radius 2 is 1.95 bits per heavy atom. The van der Waals surface area contributed by atoms with Crippen molar-refractivity contribution in [2.24, 2.45) is 5.92 Å². The van der Waals surface area contributed by atoms with E-state index in [1.807, 2.05) is 13.8 Å². The fourth-order valence-electron chi connectivity index (χ4n) is 1.75. The number of carbonyl (C=O) groups is 2. The van der Waals surface area contributed by atoms with Gasteiger partial charge in [-0.3, -0.25) is 4.79 Å². The molecule has 3 amide bonds. The van der Waals surface area contributed by atoms with Crippen LogP contribution in [0.4, 0.5) is 16.2 Å². The minimum Gasteiger partial charge on any atom is -0.495 e. The average molecular weight is 309 g/mol. The molecule has 1 aromatic rings. The van der Waals surface area contributed by atoms with E-state index in [9.17, 15) is 9.59 Å². The molecule has 4 N–H and O–H groups in total. The van der Waals surface area contributed by atoms with Gasteiger partial charge in [-0.05, 0) is 31.0 Å². The van der Waals surface area contributed by atoms with Crippen LogP contribution in [-0.2, 0) is 4.79 Å². The Kier molecular flexibility index (Phi) is 6.65. The fourth-order valence-corrected chi connectivity index (χ4v) is 1.75. The molecule has 7 nitrogen and oxygen atoms in total. The second kappa shape index (κ2) is 8.23. The number of benzene rings is 1. The number of ether oxygens (including phenoxy) is 1. The highest BCUT2D eigenvalue weighted by molar-refractivity contribution is 5.94. The number of methoxy groups -OCH3 is 1. The van der Waals surface area contributed by atoms with Crippen LogP contribution in [-0.4, -0.2) is 36.8 Å². The van der Waals surface area contributed by atoms with E-state index in [2.05, 4.69) is 16.0 Å². The Labute approximate surface area is 130 Å². The standard InChI is InChI=1S/C15H23N3O4/c1-9(8-19)10(2)16-15(21)18-13-7-12(17-11(3)20)5-6-14(13)22-4/h5-7,9-10,19H,8H2,1-4H3,(H,17,20)(H2,16,18,21)/t9-,10-/m1/s1. The van der Waals surface area contributed by atoms with Crippen LogP contribution < -0.4 is 20.7 Å². The van der Waals surface area contributed by atoms with Crippen molar-refractivity contribution in [2.75, 3.05) is 24.4 Å². The molecule has 0 unspecified atom stereocenters. The van der Waals surface area contributed by atoms with E-state index in [-0.39, 0.29) is 24.5 Å². The molecule has 0 bridgehead atoms. The van der Waals surface area contributed by atoms with Crippen LogP contribution in [0.5, 0.6) is 5.75 Å². The number of urea groups is 1. The summed E-state index contributed by atoms with van der Waals surface area (Å²) in [4.78, 5) is 23.1. The molecular formula is C15H23N3O4. The SMILES string of the molecule is COc1ccc(NC(C)=O)cc1NC(=O)N[C@H](C)[C@H](C)CO. The van der Waals surface area contributed by atoms with Gasteiger partial charge in [0.15, 0.2) is 0 Å². The van der Waals surface area contributed by atoms with E-state index in [0.29, 0.717) is 17.1 Å². The molecule has 0 aliphatic heterocycles. The van der Waals surface area contributed by atoms with Crippen molar-refractivity contribution < 1.29 is 19.4 Å². The van der Waals surface area contributed by atoms with Crippen molar-refractivity contribution in [2.45, 2.75) is 26.8 Å². The largest absolute Gasteiger partial charge is 0.495 e. The molecular weight excluding hydrogens is 286 g/mol.